The molecular weight excluding hydrogens is 164 g/mol. The molecule has 0 unspecified atom stereocenters. The summed E-state index contributed by atoms with van der Waals surface area (Å²) >= 11 is 0. The average molecular weight is 180 g/mol. The molecule has 3 nitrogen and oxygen atoms in total. The number of hydrogen-bond acceptors (Lipinski definition) is 3. The molecule has 2 N–H and O–H groups in total. The fraction of sp³-hybridized carbons (Fsp3) is 0.500. The number of aryl methyl sites for hydroxylation is 1. The first-order chi connectivity index (χ1) is 6.25. The maximum absolute atomic E-state index is 8.65. The predicted octanol–water partition coefficient (Wildman–Crippen LogP) is 1.03. The summed E-state index contributed by atoms with van der Waals surface area (Å²) in [6, 6.07) is 4.23. The van der Waals surface area contributed by atoms with Crippen LogP contribution in [0.25, 0.3) is 0 Å². The van der Waals surface area contributed by atoms with E-state index in [0.29, 0.717) is 6.54 Å². The SMILES string of the molecule is Cc1ncccc1[C@H](C)NCCO. The first-order valence-electron chi connectivity index (χ1n) is 4.51. The molecule has 0 fully saturated rings. The fourth-order valence-electron chi connectivity index (χ4n) is 1.35. The maximum Gasteiger partial charge on any atom is 0.0556 e. The van der Waals surface area contributed by atoms with E-state index in [0.717, 1.165) is 5.69 Å². The second-order valence-electron chi connectivity index (χ2n) is 3.08. The maximum atomic E-state index is 8.65. The molecule has 1 aromatic rings. The predicted molar refractivity (Wildman–Crippen MR) is 52.5 cm³/mol. The summed E-state index contributed by atoms with van der Waals surface area (Å²) in [7, 11) is 0. The Kier molecular flexibility index (Phi) is 3.86. The number of aliphatic hydroxyl groups is 1. The number of aliphatic hydroxyl groups excluding tert-OH is 1. The molecule has 0 aliphatic heterocycles. The van der Waals surface area contributed by atoms with Gasteiger partial charge in [0.2, 0.25) is 0 Å². The molecule has 0 aromatic carbocycles. The molecule has 1 rings (SSSR count). The van der Waals surface area contributed by atoms with Gasteiger partial charge < -0.3 is 10.4 Å². The Bertz CT molecular complexity index is 263. The van der Waals surface area contributed by atoms with E-state index in [2.05, 4.69) is 23.3 Å². The Labute approximate surface area is 78.8 Å². The van der Waals surface area contributed by atoms with E-state index in [1.165, 1.54) is 5.56 Å². The number of rotatable bonds is 4. The smallest absolute Gasteiger partial charge is 0.0556 e. The number of pyridine rings is 1. The van der Waals surface area contributed by atoms with Gasteiger partial charge >= 0.3 is 0 Å². The molecule has 3 heteroatoms. The standard InChI is InChI=1S/C10H16N2O/c1-8-10(4-3-5-11-8)9(2)12-6-7-13/h3-5,9,12-13H,6-7H2,1-2H3/t9-/m0/s1. The van der Waals surface area contributed by atoms with E-state index < -0.39 is 0 Å². The van der Waals surface area contributed by atoms with Crippen LogP contribution < -0.4 is 5.32 Å². The molecule has 1 aromatic heterocycles. The van der Waals surface area contributed by atoms with Crippen LogP contribution in [0.3, 0.4) is 0 Å². The summed E-state index contributed by atoms with van der Waals surface area (Å²) in [4.78, 5) is 4.21. The van der Waals surface area contributed by atoms with E-state index in [4.69, 9.17) is 5.11 Å². The van der Waals surface area contributed by atoms with Gasteiger partial charge in [-0.2, -0.15) is 0 Å². The van der Waals surface area contributed by atoms with Gasteiger partial charge in [-0.1, -0.05) is 6.07 Å². The number of hydrogen-bond donors (Lipinski definition) is 2. The Morgan fingerprint density at radius 2 is 2.38 bits per heavy atom. The third-order valence-electron chi connectivity index (χ3n) is 2.08. The lowest BCUT2D eigenvalue weighted by Gasteiger charge is -2.14. The van der Waals surface area contributed by atoms with Crippen molar-refractivity contribution in [1.82, 2.24) is 10.3 Å². The monoisotopic (exact) mass is 180 g/mol. The highest BCUT2D eigenvalue weighted by molar-refractivity contribution is 5.21. The van der Waals surface area contributed by atoms with Gasteiger partial charge in [-0.15, -0.1) is 0 Å². The van der Waals surface area contributed by atoms with Crippen molar-refractivity contribution in [2.75, 3.05) is 13.2 Å². The zero-order valence-electron chi connectivity index (χ0n) is 8.12. The van der Waals surface area contributed by atoms with E-state index in [-0.39, 0.29) is 12.6 Å². The Hall–Kier alpha value is -0.930. The van der Waals surface area contributed by atoms with Crippen molar-refractivity contribution in [3.05, 3.63) is 29.6 Å². The van der Waals surface area contributed by atoms with Crippen molar-refractivity contribution >= 4 is 0 Å². The number of nitrogens with one attached hydrogen (secondary N) is 1. The van der Waals surface area contributed by atoms with Crippen LogP contribution in [0.1, 0.15) is 24.2 Å². The normalized spacial score (nSPS) is 12.8. The van der Waals surface area contributed by atoms with Gasteiger partial charge in [-0.05, 0) is 25.5 Å². The van der Waals surface area contributed by atoms with Gasteiger partial charge in [-0.25, -0.2) is 0 Å². The lowest BCUT2D eigenvalue weighted by molar-refractivity contribution is 0.286. The minimum absolute atomic E-state index is 0.170. The third-order valence-corrected chi connectivity index (χ3v) is 2.08. The van der Waals surface area contributed by atoms with Gasteiger partial charge in [0, 0.05) is 24.5 Å². The van der Waals surface area contributed by atoms with Crippen LogP contribution in [-0.4, -0.2) is 23.2 Å². The van der Waals surface area contributed by atoms with Crippen molar-refractivity contribution in [2.24, 2.45) is 0 Å². The molecule has 1 heterocycles. The summed E-state index contributed by atoms with van der Waals surface area (Å²) in [6.45, 7) is 4.85. The fourth-order valence-corrected chi connectivity index (χ4v) is 1.35. The molecule has 0 spiro atoms. The molecule has 72 valence electrons. The zero-order valence-corrected chi connectivity index (χ0v) is 8.12. The molecule has 0 aliphatic carbocycles. The minimum atomic E-state index is 0.170. The van der Waals surface area contributed by atoms with Gasteiger partial charge in [0.05, 0.1) is 6.61 Å². The Balaban J connectivity index is 2.65. The largest absolute Gasteiger partial charge is 0.395 e. The molecule has 0 saturated carbocycles. The van der Waals surface area contributed by atoms with E-state index in [1.807, 2.05) is 13.0 Å². The summed E-state index contributed by atoms with van der Waals surface area (Å²) in [5.41, 5.74) is 2.23. The van der Waals surface area contributed by atoms with Crippen LogP contribution in [0.5, 0.6) is 0 Å². The van der Waals surface area contributed by atoms with Gasteiger partial charge in [0.1, 0.15) is 0 Å². The van der Waals surface area contributed by atoms with Crippen LogP contribution in [0.4, 0.5) is 0 Å². The minimum Gasteiger partial charge on any atom is -0.395 e. The molecule has 0 amide bonds. The van der Waals surface area contributed by atoms with Gasteiger partial charge in [0.25, 0.3) is 0 Å². The van der Waals surface area contributed by atoms with Crippen LogP contribution in [0.2, 0.25) is 0 Å². The number of aromatic nitrogens is 1. The third kappa shape index (κ3) is 2.79. The van der Waals surface area contributed by atoms with Crippen molar-refractivity contribution in [1.29, 1.82) is 0 Å². The van der Waals surface area contributed by atoms with Crippen LogP contribution in [0.15, 0.2) is 18.3 Å². The van der Waals surface area contributed by atoms with E-state index in [9.17, 15) is 0 Å². The highest BCUT2D eigenvalue weighted by Gasteiger charge is 2.06. The zero-order chi connectivity index (χ0) is 9.68. The lowest BCUT2D eigenvalue weighted by atomic mass is 10.1. The van der Waals surface area contributed by atoms with E-state index in [1.54, 1.807) is 6.20 Å². The van der Waals surface area contributed by atoms with Crippen LogP contribution >= 0.6 is 0 Å². The number of nitrogens with zero attached hydrogens (tertiary/aromatic N) is 1. The molecule has 1 atom stereocenters. The Morgan fingerprint density at radius 3 is 3.00 bits per heavy atom. The first kappa shape index (κ1) is 10.2. The molecule has 0 saturated heterocycles. The highest BCUT2D eigenvalue weighted by Crippen LogP contribution is 2.13. The quantitative estimate of drug-likeness (QED) is 0.727. The average Bonchev–Trinajstić information content (AvgIpc) is 2.15. The topological polar surface area (TPSA) is 45.2 Å². The van der Waals surface area contributed by atoms with Crippen molar-refractivity contribution in [3.63, 3.8) is 0 Å². The second kappa shape index (κ2) is 4.94. The van der Waals surface area contributed by atoms with Crippen molar-refractivity contribution in [3.8, 4) is 0 Å². The van der Waals surface area contributed by atoms with Gasteiger partial charge in [-0.3, -0.25) is 4.98 Å². The lowest BCUT2D eigenvalue weighted by Crippen LogP contribution is -2.22. The van der Waals surface area contributed by atoms with Crippen molar-refractivity contribution < 1.29 is 5.11 Å². The highest BCUT2D eigenvalue weighted by atomic mass is 16.3. The summed E-state index contributed by atoms with van der Waals surface area (Å²) in [5.74, 6) is 0. The summed E-state index contributed by atoms with van der Waals surface area (Å²) in [5, 5.41) is 11.9. The second-order valence-corrected chi connectivity index (χ2v) is 3.08. The van der Waals surface area contributed by atoms with Gasteiger partial charge in [0.15, 0.2) is 0 Å². The van der Waals surface area contributed by atoms with Crippen LogP contribution in [-0.2, 0) is 0 Å². The summed E-state index contributed by atoms with van der Waals surface area (Å²) < 4.78 is 0. The first-order valence-corrected chi connectivity index (χ1v) is 4.51. The van der Waals surface area contributed by atoms with Crippen LogP contribution in [0, 0.1) is 6.92 Å². The Morgan fingerprint density at radius 1 is 1.62 bits per heavy atom. The van der Waals surface area contributed by atoms with E-state index >= 15 is 0 Å². The molecule has 0 bridgehead atoms. The molecular formula is C10H16N2O. The summed E-state index contributed by atoms with van der Waals surface area (Å²) in [6.07, 6.45) is 1.79. The van der Waals surface area contributed by atoms with Crippen molar-refractivity contribution in [2.45, 2.75) is 19.9 Å². The molecule has 13 heavy (non-hydrogen) atoms. The molecule has 0 aliphatic rings. The molecule has 0 radical (unpaired) electrons.